The molecule has 0 atom stereocenters. The van der Waals surface area contributed by atoms with Gasteiger partial charge in [0, 0.05) is 55.9 Å². The van der Waals surface area contributed by atoms with Crippen molar-refractivity contribution in [1.82, 2.24) is 14.8 Å². The van der Waals surface area contributed by atoms with Crippen LogP contribution in [-0.4, -0.2) is 49.3 Å². The number of ether oxygens (including phenoxy) is 1. The quantitative estimate of drug-likeness (QED) is 0.921. The lowest BCUT2D eigenvalue weighted by molar-refractivity contribution is 0.244. The molecule has 2 aromatic rings. The van der Waals surface area contributed by atoms with Gasteiger partial charge in [0.15, 0.2) is 0 Å². The van der Waals surface area contributed by atoms with Crippen LogP contribution in [0.4, 0.5) is 0 Å². The number of fused-ring (bicyclic) bond motifs is 1. The van der Waals surface area contributed by atoms with Gasteiger partial charge in [0.25, 0.3) is 0 Å². The van der Waals surface area contributed by atoms with E-state index in [9.17, 15) is 0 Å². The molecule has 3 rings (SSSR count). The molecule has 4 nitrogen and oxygen atoms in total. The third kappa shape index (κ3) is 3.13. The van der Waals surface area contributed by atoms with Crippen LogP contribution in [0.2, 0.25) is 0 Å². The molecule has 0 saturated carbocycles. The van der Waals surface area contributed by atoms with Gasteiger partial charge < -0.3 is 19.5 Å². The van der Waals surface area contributed by atoms with Crippen molar-refractivity contribution in [3.8, 4) is 5.75 Å². The van der Waals surface area contributed by atoms with Crippen molar-refractivity contribution < 1.29 is 4.74 Å². The van der Waals surface area contributed by atoms with Crippen molar-refractivity contribution in [1.29, 1.82) is 0 Å². The van der Waals surface area contributed by atoms with Crippen molar-refractivity contribution >= 4 is 10.9 Å². The maximum absolute atomic E-state index is 5.41. The number of hydrogen-bond acceptors (Lipinski definition) is 3. The summed E-state index contributed by atoms with van der Waals surface area (Å²) >= 11 is 0. The Morgan fingerprint density at radius 3 is 2.68 bits per heavy atom. The van der Waals surface area contributed by atoms with Crippen molar-refractivity contribution in [2.24, 2.45) is 0 Å². The minimum atomic E-state index is 0.476. The van der Waals surface area contributed by atoms with E-state index in [0.717, 1.165) is 44.9 Å². The van der Waals surface area contributed by atoms with E-state index in [1.165, 1.54) is 16.5 Å². The summed E-state index contributed by atoms with van der Waals surface area (Å²) in [4.78, 5) is 2.55. The standard InChI is InChI=1S/C18H27N3O/c1-14(2)21-13-15(6-9-20-10-7-19-8-11-20)17-12-16(22-3)4-5-18(17)21/h4-5,12-14,19H,6-11H2,1-3H3. The fourth-order valence-electron chi connectivity index (χ4n) is 3.27. The Balaban J connectivity index is 1.86. The highest BCUT2D eigenvalue weighted by Crippen LogP contribution is 2.28. The number of rotatable bonds is 5. The Morgan fingerprint density at radius 2 is 2.00 bits per heavy atom. The normalized spacial score (nSPS) is 16.5. The number of nitrogens with one attached hydrogen (secondary N) is 1. The zero-order valence-corrected chi connectivity index (χ0v) is 13.9. The summed E-state index contributed by atoms with van der Waals surface area (Å²) in [5.41, 5.74) is 2.74. The van der Waals surface area contributed by atoms with E-state index < -0.39 is 0 Å². The smallest absolute Gasteiger partial charge is 0.119 e. The molecule has 0 amide bonds. The lowest BCUT2D eigenvalue weighted by atomic mass is 10.1. The number of benzene rings is 1. The highest BCUT2D eigenvalue weighted by molar-refractivity contribution is 5.85. The van der Waals surface area contributed by atoms with Crippen molar-refractivity contribution in [2.45, 2.75) is 26.3 Å². The van der Waals surface area contributed by atoms with Crippen LogP contribution < -0.4 is 10.1 Å². The van der Waals surface area contributed by atoms with Crippen LogP contribution in [0.3, 0.4) is 0 Å². The monoisotopic (exact) mass is 301 g/mol. The topological polar surface area (TPSA) is 29.4 Å². The predicted molar refractivity (Wildman–Crippen MR) is 91.9 cm³/mol. The third-order valence-corrected chi connectivity index (χ3v) is 4.59. The van der Waals surface area contributed by atoms with Gasteiger partial charge in [-0.3, -0.25) is 0 Å². The van der Waals surface area contributed by atoms with Gasteiger partial charge in [-0.15, -0.1) is 0 Å². The summed E-state index contributed by atoms with van der Waals surface area (Å²) in [6, 6.07) is 6.90. The van der Waals surface area contributed by atoms with Crippen LogP contribution in [0.15, 0.2) is 24.4 Å². The van der Waals surface area contributed by atoms with Crippen LogP contribution >= 0.6 is 0 Å². The SMILES string of the molecule is COc1ccc2c(c1)c(CCN1CCNCC1)cn2C(C)C. The Bertz CT molecular complexity index is 627. The van der Waals surface area contributed by atoms with Crippen LogP contribution in [0.1, 0.15) is 25.5 Å². The summed E-state index contributed by atoms with van der Waals surface area (Å²) in [5.74, 6) is 0.942. The average Bonchev–Trinajstić information content (AvgIpc) is 2.92. The second-order valence-electron chi connectivity index (χ2n) is 6.38. The van der Waals surface area contributed by atoms with E-state index in [1.54, 1.807) is 7.11 Å². The van der Waals surface area contributed by atoms with Gasteiger partial charge in [-0.25, -0.2) is 0 Å². The molecule has 22 heavy (non-hydrogen) atoms. The summed E-state index contributed by atoms with van der Waals surface area (Å²) in [7, 11) is 1.74. The lowest BCUT2D eigenvalue weighted by Gasteiger charge is -2.26. The number of piperazine rings is 1. The first-order valence-corrected chi connectivity index (χ1v) is 8.29. The minimum Gasteiger partial charge on any atom is -0.497 e. The molecule has 0 radical (unpaired) electrons. The van der Waals surface area contributed by atoms with Crippen molar-refractivity contribution in [2.75, 3.05) is 39.8 Å². The summed E-state index contributed by atoms with van der Waals surface area (Å²) in [6.45, 7) is 10.2. The zero-order chi connectivity index (χ0) is 15.5. The molecule has 1 aromatic carbocycles. The molecule has 1 aliphatic heterocycles. The third-order valence-electron chi connectivity index (χ3n) is 4.59. The summed E-state index contributed by atoms with van der Waals surface area (Å²) < 4.78 is 7.79. The maximum atomic E-state index is 5.41. The van der Waals surface area contributed by atoms with Crippen molar-refractivity contribution in [3.05, 3.63) is 30.0 Å². The van der Waals surface area contributed by atoms with Gasteiger partial charge in [-0.2, -0.15) is 0 Å². The van der Waals surface area contributed by atoms with Gasteiger partial charge >= 0.3 is 0 Å². The highest BCUT2D eigenvalue weighted by Gasteiger charge is 2.14. The first-order valence-electron chi connectivity index (χ1n) is 8.29. The number of aromatic nitrogens is 1. The molecule has 1 aromatic heterocycles. The van der Waals surface area contributed by atoms with E-state index in [-0.39, 0.29) is 0 Å². The number of nitrogens with zero attached hydrogens (tertiary/aromatic N) is 2. The van der Waals surface area contributed by atoms with E-state index in [1.807, 2.05) is 0 Å². The Labute approximate surface area is 133 Å². The molecule has 1 N–H and O–H groups in total. The second kappa shape index (κ2) is 6.71. The molecular formula is C18H27N3O. The van der Waals surface area contributed by atoms with Gasteiger partial charge in [0.05, 0.1) is 7.11 Å². The largest absolute Gasteiger partial charge is 0.497 e. The molecular weight excluding hydrogens is 274 g/mol. The Morgan fingerprint density at radius 1 is 1.23 bits per heavy atom. The van der Waals surface area contributed by atoms with Gasteiger partial charge in [0.1, 0.15) is 5.75 Å². The molecule has 0 bridgehead atoms. The molecule has 0 unspecified atom stereocenters. The van der Waals surface area contributed by atoms with E-state index in [0.29, 0.717) is 6.04 Å². The summed E-state index contributed by atoms with van der Waals surface area (Å²) in [6.07, 6.45) is 3.43. The lowest BCUT2D eigenvalue weighted by Crippen LogP contribution is -2.44. The predicted octanol–water partition coefficient (Wildman–Crippen LogP) is 2.68. The fourth-order valence-corrected chi connectivity index (χ4v) is 3.27. The Kier molecular flexibility index (Phi) is 4.69. The van der Waals surface area contributed by atoms with Crippen LogP contribution in [0.25, 0.3) is 10.9 Å². The van der Waals surface area contributed by atoms with Gasteiger partial charge in [0.2, 0.25) is 0 Å². The van der Waals surface area contributed by atoms with E-state index >= 15 is 0 Å². The van der Waals surface area contributed by atoms with Gasteiger partial charge in [-0.1, -0.05) is 0 Å². The zero-order valence-electron chi connectivity index (χ0n) is 13.9. The molecule has 1 fully saturated rings. The minimum absolute atomic E-state index is 0.476. The van der Waals surface area contributed by atoms with Gasteiger partial charge in [-0.05, 0) is 44.0 Å². The Hall–Kier alpha value is -1.52. The highest BCUT2D eigenvalue weighted by atomic mass is 16.5. The first-order chi connectivity index (χ1) is 10.7. The summed E-state index contributed by atoms with van der Waals surface area (Å²) in [5, 5.41) is 4.75. The fraction of sp³-hybridized carbons (Fsp3) is 0.556. The van der Waals surface area contributed by atoms with Crippen LogP contribution in [0.5, 0.6) is 5.75 Å². The molecule has 1 aliphatic rings. The molecule has 0 spiro atoms. The average molecular weight is 301 g/mol. The molecule has 0 aliphatic carbocycles. The van der Waals surface area contributed by atoms with Crippen LogP contribution in [-0.2, 0) is 6.42 Å². The van der Waals surface area contributed by atoms with Crippen LogP contribution in [0, 0.1) is 0 Å². The van der Waals surface area contributed by atoms with Crippen molar-refractivity contribution in [3.63, 3.8) is 0 Å². The van der Waals surface area contributed by atoms with E-state index in [2.05, 4.69) is 53.0 Å². The molecule has 2 heterocycles. The number of methoxy groups -OCH3 is 1. The second-order valence-corrected chi connectivity index (χ2v) is 6.38. The number of hydrogen-bond donors (Lipinski definition) is 1. The maximum Gasteiger partial charge on any atom is 0.119 e. The molecule has 1 saturated heterocycles. The molecule has 120 valence electrons. The van der Waals surface area contributed by atoms with E-state index in [4.69, 9.17) is 4.74 Å². The molecule has 4 heteroatoms. The first kappa shape index (κ1) is 15.4.